The molecule has 0 aliphatic heterocycles. The highest BCUT2D eigenvalue weighted by Gasteiger charge is 2.14. The molecule has 0 atom stereocenters. The summed E-state index contributed by atoms with van der Waals surface area (Å²) in [4.78, 5) is 0.386. The van der Waals surface area contributed by atoms with Gasteiger partial charge < -0.3 is 0 Å². The summed E-state index contributed by atoms with van der Waals surface area (Å²) in [6, 6.07) is 8.57. The minimum absolute atomic E-state index is 0.0702. The van der Waals surface area contributed by atoms with E-state index in [4.69, 9.17) is 0 Å². The Morgan fingerprint density at radius 3 is 2.41 bits per heavy atom. The highest BCUT2D eigenvalue weighted by Crippen LogP contribution is 2.16. The second-order valence-corrected chi connectivity index (χ2v) is 6.27. The molecular weight excluding hydrogens is 232 g/mol. The van der Waals surface area contributed by atoms with Gasteiger partial charge in [0.2, 0.25) is 0 Å². The van der Waals surface area contributed by atoms with E-state index in [0.717, 1.165) is 31.3 Å². The molecule has 0 aliphatic carbocycles. The van der Waals surface area contributed by atoms with Gasteiger partial charge in [-0.25, -0.2) is 8.42 Å². The molecule has 94 valence electrons. The summed E-state index contributed by atoms with van der Waals surface area (Å²) >= 11 is 0. The summed E-state index contributed by atoms with van der Waals surface area (Å²) in [7, 11) is -3.20. The molecular formula is C14H20O2S. The predicted molar refractivity (Wildman–Crippen MR) is 71.8 cm³/mol. The van der Waals surface area contributed by atoms with Crippen molar-refractivity contribution in [3.63, 3.8) is 0 Å². The minimum Gasteiger partial charge on any atom is -0.223 e. The predicted octanol–water partition coefficient (Wildman–Crippen LogP) is 3.60. The van der Waals surface area contributed by atoms with E-state index in [0.29, 0.717) is 4.90 Å². The van der Waals surface area contributed by atoms with E-state index in [2.05, 4.69) is 13.5 Å². The molecule has 1 aromatic rings. The Balaban J connectivity index is 2.59. The molecule has 0 aromatic heterocycles. The van der Waals surface area contributed by atoms with Crippen molar-refractivity contribution in [3.8, 4) is 0 Å². The summed E-state index contributed by atoms with van der Waals surface area (Å²) in [6.45, 7) is 5.99. The number of sulfone groups is 1. The van der Waals surface area contributed by atoms with E-state index < -0.39 is 9.84 Å². The van der Waals surface area contributed by atoms with Crippen LogP contribution in [-0.4, -0.2) is 14.2 Å². The van der Waals surface area contributed by atoms with Crippen LogP contribution in [0.4, 0.5) is 0 Å². The van der Waals surface area contributed by atoms with Gasteiger partial charge in [0.05, 0.1) is 10.6 Å². The standard InChI is InChI=1S/C14H20O2S/c1-3-4-6-9-13(2)12-17(15,16)14-10-7-5-8-11-14/h5,7-8,10-11H,2-4,6,9,12H2,1H3. The Bertz CT molecular complexity index is 446. The summed E-state index contributed by atoms with van der Waals surface area (Å²) in [5, 5.41) is 0. The topological polar surface area (TPSA) is 34.1 Å². The van der Waals surface area contributed by atoms with E-state index in [1.165, 1.54) is 0 Å². The molecule has 0 bridgehead atoms. The van der Waals surface area contributed by atoms with Crippen LogP contribution < -0.4 is 0 Å². The largest absolute Gasteiger partial charge is 0.223 e. The van der Waals surface area contributed by atoms with Crippen molar-refractivity contribution in [2.24, 2.45) is 0 Å². The first kappa shape index (κ1) is 14.0. The van der Waals surface area contributed by atoms with Crippen LogP contribution in [0.3, 0.4) is 0 Å². The zero-order valence-corrected chi connectivity index (χ0v) is 11.2. The van der Waals surface area contributed by atoms with Gasteiger partial charge in [0, 0.05) is 0 Å². The zero-order valence-electron chi connectivity index (χ0n) is 10.4. The fourth-order valence-corrected chi connectivity index (χ4v) is 3.10. The lowest BCUT2D eigenvalue weighted by Crippen LogP contribution is -2.08. The molecule has 3 heteroatoms. The van der Waals surface area contributed by atoms with Gasteiger partial charge in [-0.2, -0.15) is 0 Å². The van der Waals surface area contributed by atoms with E-state index in [1.807, 2.05) is 6.07 Å². The lowest BCUT2D eigenvalue weighted by Gasteiger charge is -2.07. The van der Waals surface area contributed by atoms with Crippen LogP contribution >= 0.6 is 0 Å². The minimum atomic E-state index is -3.20. The van der Waals surface area contributed by atoms with Crippen LogP contribution in [0.1, 0.15) is 32.6 Å². The Hall–Kier alpha value is -1.09. The van der Waals surface area contributed by atoms with Crippen LogP contribution in [0, 0.1) is 0 Å². The smallest absolute Gasteiger partial charge is 0.182 e. The number of rotatable bonds is 7. The molecule has 1 rings (SSSR count). The van der Waals surface area contributed by atoms with Crippen molar-refractivity contribution in [3.05, 3.63) is 42.5 Å². The van der Waals surface area contributed by atoms with Gasteiger partial charge in [-0.05, 0) is 25.0 Å². The van der Waals surface area contributed by atoms with Crippen molar-refractivity contribution in [1.29, 1.82) is 0 Å². The molecule has 0 spiro atoms. The summed E-state index contributed by atoms with van der Waals surface area (Å²) in [5.41, 5.74) is 0.808. The molecule has 0 unspecified atom stereocenters. The number of benzene rings is 1. The molecule has 0 N–H and O–H groups in total. The fourth-order valence-electron chi connectivity index (χ4n) is 1.68. The summed E-state index contributed by atoms with van der Waals surface area (Å²) < 4.78 is 24.0. The van der Waals surface area contributed by atoms with Crippen LogP contribution in [0.5, 0.6) is 0 Å². The first-order valence-corrected chi connectivity index (χ1v) is 7.66. The molecule has 0 saturated heterocycles. The lowest BCUT2D eigenvalue weighted by molar-refractivity contribution is 0.596. The van der Waals surface area contributed by atoms with Gasteiger partial charge in [-0.3, -0.25) is 0 Å². The first-order valence-electron chi connectivity index (χ1n) is 6.00. The number of hydrogen-bond donors (Lipinski definition) is 0. The normalized spacial score (nSPS) is 11.4. The third-order valence-electron chi connectivity index (χ3n) is 2.63. The molecule has 0 radical (unpaired) electrons. The molecule has 0 saturated carbocycles. The second-order valence-electron chi connectivity index (χ2n) is 4.28. The summed E-state index contributed by atoms with van der Waals surface area (Å²) in [6.07, 6.45) is 4.10. The Labute approximate surface area is 104 Å². The molecule has 0 heterocycles. The Morgan fingerprint density at radius 1 is 1.18 bits per heavy atom. The van der Waals surface area contributed by atoms with Gasteiger partial charge in [0.25, 0.3) is 0 Å². The van der Waals surface area contributed by atoms with Crippen LogP contribution in [0.2, 0.25) is 0 Å². The van der Waals surface area contributed by atoms with Crippen LogP contribution in [-0.2, 0) is 9.84 Å². The Morgan fingerprint density at radius 2 is 1.82 bits per heavy atom. The quantitative estimate of drug-likeness (QED) is 0.549. The van der Waals surface area contributed by atoms with Crippen molar-refractivity contribution >= 4 is 9.84 Å². The Kier molecular flexibility index (Phi) is 5.42. The monoisotopic (exact) mass is 252 g/mol. The zero-order chi connectivity index (χ0) is 12.7. The van der Waals surface area contributed by atoms with Gasteiger partial charge in [0.1, 0.15) is 0 Å². The van der Waals surface area contributed by atoms with Crippen LogP contribution in [0.15, 0.2) is 47.4 Å². The van der Waals surface area contributed by atoms with Crippen LogP contribution in [0.25, 0.3) is 0 Å². The third kappa shape index (κ3) is 4.73. The average Bonchev–Trinajstić information content (AvgIpc) is 2.30. The van der Waals surface area contributed by atoms with E-state index >= 15 is 0 Å². The number of hydrogen-bond acceptors (Lipinski definition) is 2. The number of unbranched alkanes of at least 4 members (excludes halogenated alkanes) is 2. The molecule has 0 fully saturated rings. The van der Waals surface area contributed by atoms with Gasteiger partial charge in [0.15, 0.2) is 9.84 Å². The van der Waals surface area contributed by atoms with Crippen molar-refractivity contribution < 1.29 is 8.42 Å². The maximum Gasteiger partial charge on any atom is 0.182 e. The summed E-state index contributed by atoms with van der Waals surface area (Å²) in [5.74, 6) is 0.0702. The fraction of sp³-hybridized carbons (Fsp3) is 0.429. The van der Waals surface area contributed by atoms with Crippen molar-refractivity contribution in [1.82, 2.24) is 0 Å². The maximum atomic E-state index is 12.0. The van der Waals surface area contributed by atoms with E-state index in [9.17, 15) is 8.42 Å². The highest BCUT2D eigenvalue weighted by atomic mass is 32.2. The second kappa shape index (κ2) is 6.60. The van der Waals surface area contributed by atoms with E-state index in [-0.39, 0.29) is 5.75 Å². The van der Waals surface area contributed by atoms with Crippen molar-refractivity contribution in [2.75, 3.05) is 5.75 Å². The SMILES string of the molecule is C=C(CCCCC)CS(=O)(=O)c1ccccc1. The van der Waals surface area contributed by atoms with Gasteiger partial charge in [-0.15, -0.1) is 0 Å². The lowest BCUT2D eigenvalue weighted by atomic mass is 10.1. The van der Waals surface area contributed by atoms with Crippen molar-refractivity contribution in [2.45, 2.75) is 37.5 Å². The van der Waals surface area contributed by atoms with Gasteiger partial charge in [-0.1, -0.05) is 50.1 Å². The molecule has 2 nitrogen and oxygen atoms in total. The molecule has 17 heavy (non-hydrogen) atoms. The molecule has 0 aliphatic rings. The molecule has 0 amide bonds. The average molecular weight is 252 g/mol. The molecule has 1 aromatic carbocycles. The first-order chi connectivity index (χ1) is 8.06. The van der Waals surface area contributed by atoms with Gasteiger partial charge >= 0.3 is 0 Å². The maximum absolute atomic E-state index is 12.0. The third-order valence-corrected chi connectivity index (χ3v) is 4.41. The highest BCUT2D eigenvalue weighted by molar-refractivity contribution is 7.91. The van der Waals surface area contributed by atoms with E-state index in [1.54, 1.807) is 24.3 Å².